The number of hydrogen-bond acceptors (Lipinski definition) is 5. The SMILES string of the molecule is C[C@H]1Cc2cc([N+](=O)[O-])ccc2N1Cn1[nH]c(C(C)(C)C)nc1=S. The molecule has 2 aromatic rings. The van der Waals surface area contributed by atoms with Crippen molar-refractivity contribution in [1.29, 1.82) is 0 Å². The molecule has 1 aromatic heterocycles. The normalized spacial score (nSPS) is 17.2. The molecule has 128 valence electrons. The van der Waals surface area contributed by atoms with Gasteiger partial charge in [0.25, 0.3) is 5.69 Å². The van der Waals surface area contributed by atoms with Crippen molar-refractivity contribution in [2.45, 2.75) is 52.2 Å². The summed E-state index contributed by atoms with van der Waals surface area (Å²) in [6, 6.07) is 5.28. The fourth-order valence-electron chi connectivity index (χ4n) is 2.95. The molecule has 0 fully saturated rings. The highest BCUT2D eigenvalue weighted by Crippen LogP contribution is 2.35. The third-order valence-corrected chi connectivity index (χ3v) is 4.63. The molecule has 0 spiro atoms. The Kier molecular flexibility index (Phi) is 3.95. The van der Waals surface area contributed by atoms with Gasteiger partial charge in [-0.1, -0.05) is 20.8 Å². The molecule has 3 rings (SSSR count). The van der Waals surface area contributed by atoms with Gasteiger partial charge in [0.15, 0.2) is 0 Å². The van der Waals surface area contributed by atoms with Gasteiger partial charge >= 0.3 is 0 Å². The highest BCUT2D eigenvalue weighted by atomic mass is 32.1. The van der Waals surface area contributed by atoms with Crippen LogP contribution in [0.3, 0.4) is 0 Å². The van der Waals surface area contributed by atoms with Crippen LogP contribution in [0.1, 0.15) is 39.1 Å². The standard InChI is InChI=1S/C16H21N5O2S/c1-10-7-11-8-12(21(22)23)5-6-13(11)19(10)9-20-15(24)17-14(18-20)16(2,3)4/h5-6,8,10H,7,9H2,1-4H3,(H,17,18,24)/t10-/m0/s1. The summed E-state index contributed by atoms with van der Waals surface area (Å²) < 4.78 is 2.37. The van der Waals surface area contributed by atoms with Crippen molar-refractivity contribution in [3.8, 4) is 0 Å². The van der Waals surface area contributed by atoms with E-state index in [1.54, 1.807) is 12.1 Å². The topological polar surface area (TPSA) is 80.0 Å². The number of anilines is 1. The molecule has 7 nitrogen and oxygen atoms in total. The van der Waals surface area contributed by atoms with Crippen LogP contribution in [0.4, 0.5) is 11.4 Å². The zero-order chi connectivity index (χ0) is 17.6. The van der Waals surface area contributed by atoms with Crippen molar-refractivity contribution < 1.29 is 4.92 Å². The van der Waals surface area contributed by atoms with Gasteiger partial charge in [-0.15, -0.1) is 0 Å². The quantitative estimate of drug-likeness (QED) is 0.522. The summed E-state index contributed by atoms with van der Waals surface area (Å²) in [5, 5.41) is 14.2. The van der Waals surface area contributed by atoms with Crippen molar-refractivity contribution in [2.75, 3.05) is 4.90 Å². The summed E-state index contributed by atoms with van der Waals surface area (Å²) in [7, 11) is 0. The van der Waals surface area contributed by atoms with Crippen molar-refractivity contribution in [3.05, 3.63) is 44.5 Å². The van der Waals surface area contributed by atoms with Crippen LogP contribution in [0.25, 0.3) is 0 Å². The van der Waals surface area contributed by atoms with Crippen LogP contribution < -0.4 is 4.90 Å². The average molecular weight is 347 g/mol. The van der Waals surface area contributed by atoms with Crippen LogP contribution in [0, 0.1) is 14.9 Å². The Morgan fingerprint density at radius 2 is 2.17 bits per heavy atom. The molecule has 1 aromatic carbocycles. The smallest absolute Gasteiger partial charge is 0.269 e. The largest absolute Gasteiger partial charge is 0.349 e. The van der Waals surface area contributed by atoms with Gasteiger partial charge in [-0.2, -0.15) is 0 Å². The molecule has 0 bridgehead atoms. The van der Waals surface area contributed by atoms with Crippen molar-refractivity contribution >= 4 is 23.6 Å². The summed E-state index contributed by atoms with van der Waals surface area (Å²) in [6.07, 6.45) is 0.782. The number of rotatable bonds is 3. The Morgan fingerprint density at radius 1 is 1.46 bits per heavy atom. The molecule has 1 atom stereocenters. The zero-order valence-corrected chi connectivity index (χ0v) is 15.1. The third kappa shape index (κ3) is 2.93. The molecule has 24 heavy (non-hydrogen) atoms. The first-order valence-electron chi connectivity index (χ1n) is 7.88. The molecule has 0 aliphatic carbocycles. The van der Waals surface area contributed by atoms with E-state index in [-0.39, 0.29) is 22.1 Å². The monoisotopic (exact) mass is 347 g/mol. The molecular weight excluding hydrogens is 326 g/mol. The molecule has 1 aliphatic rings. The zero-order valence-electron chi connectivity index (χ0n) is 14.2. The van der Waals surface area contributed by atoms with E-state index in [4.69, 9.17) is 12.2 Å². The van der Waals surface area contributed by atoms with Gasteiger partial charge in [-0.3, -0.25) is 15.2 Å². The summed E-state index contributed by atoms with van der Waals surface area (Å²) in [5.74, 6) is 0.850. The minimum atomic E-state index is -0.353. The number of nitro benzene ring substituents is 1. The van der Waals surface area contributed by atoms with Gasteiger partial charge < -0.3 is 4.90 Å². The van der Waals surface area contributed by atoms with E-state index in [0.717, 1.165) is 23.5 Å². The number of nitrogens with zero attached hydrogens (tertiary/aromatic N) is 4. The minimum Gasteiger partial charge on any atom is -0.349 e. The van der Waals surface area contributed by atoms with E-state index < -0.39 is 0 Å². The molecule has 0 unspecified atom stereocenters. The van der Waals surface area contributed by atoms with E-state index in [0.29, 0.717) is 11.4 Å². The predicted molar refractivity (Wildman–Crippen MR) is 94.9 cm³/mol. The van der Waals surface area contributed by atoms with Crippen LogP contribution in [0.15, 0.2) is 18.2 Å². The van der Waals surface area contributed by atoms with Gasteiger partial charge in [0.2, 0.25) is 4.77 Å². The lowest BCUT2D eigenvalue weighted by Gasteiger charge is -2.25. The van der Waals surface area contributed by atoms with Gasteiger partial charge in [0.1, 0.15) is 12.5 Å². The summed E-state index contributed by atoms with van der Waals surface area (Å²) >= 11 is 5.37. The summed E-state index contributed by atoms with van der Waals surface area (Å²) in [4.78, 5) is 17.2. The van der Waals surface area contributed by atoms with E-state index in [1.165, 1.54) is 0 Å². The lowest BCUT2D eigenvalue weighted by atomic mass is 9.96. The fraction of sp³-hybridized carbons (Fsp3) is 0.500. The Morgan fingerprint density at radius 3 is 2.75 bits per heavy atom. The molecule has 0 saturated heterocycles. The number of hydrogen-bond donors (Lipinski definition) is 1. The van der Waals surface area contributed by atoms with Crippen molar-refractivity contribution in [3.63, 3.8) is 0 Å². The molecular formula is C16H21N5O2S. The van der Waals surface area contributed by atoms with Gasteiger partial charge in [0.05, 0.1) is 4.92 Å². The number of benzene rings is 1. The first-order valence-corrected chi connectivity index (χ1v) is 8.29. The Balaban J connectivity index is 1.91. The molecule has 1 aliphatic heterocycles. The number of non-ortho nitro benzene ring substituents is 1. The van der Waals surface area contributed by atoms with Crippen molar-refractivity contribution in [2.24, 2.45) is 0 Å². The molecule has 0 radical (unpaired) electrons. The average Bonchev–Trinajstić information content (AvgIpc) is 3.00. The molecule has 1 N–H and O–H groups in total. The van der Waals surface area contributed by atoms with Crippen LogP contribution >= 0.6 is 12.2 Å². The summed E-state index contributed by atoms with van der Waals surface area (Å²) in [5.41, 5.74) is 2.05. The maximum absolute atomic E-state index is 11.0. The third-order valence-electron chi connectivity index (χ3n) is 4.31. The van der Waals surface area contributed by atoms with Crippen LogP contribution in [0.2, 0.25) is 0 Å². The first-order chi connectivity index (χ1) is 11.2. The van der Waals surface area contributed by atoms with E-state index >= 15 is 0 Å². The van der Waals surface area contributed by atoms with Crippen LogP contribution in [0.5, 0.6) is 0 Å². The number of nitro groups is 1. The second kappa shape index (κ2) is 5.70. The van der Waals surface area contributed by atoms with Crippen LogP contribution in [-0.4, -0.2) is 25.7 Å². The number of H-pyrrole nitrogens is 1. The maximum Gasteiger partial charge on any atom is 0.269 e. The van der Waals surface area contributed by atoms with Crippen LogP contribution in [-0.2, 0) is 18.5 Å². The first kappa shape index (κ1) is 16.6. The Bertz CT molecular complexity index is 849. The number of nitrogens with one attached hydrogen (secondary N) is 1. The van der Waals surface area contributed by atoms with E-state index in [1.807, 2.05) is 10.7 Å². The van der Waals surface area contributed by atoms with Gasteiger partial charge in [0, 0.05) is 29.3 Å². The highest BCUT2D eigenvalue weighted by Gasteiger charge is 2.28. The second-order valence-corrected chi connectivity index (χ2v) is 7.63. The highest BCUT2D eigenvalue weighted by molar-refractivity contribution is 7.71. The number of fused-ring (bicyclic) bond motifs is 1. The lowest BCUT2D eigenvalue weighted by molar-refractivity contribution is -0.384. The number of aromatic amines is 1. The molecule has 0 saturated carbocycles. The van der Waals surface area contributed by atoms with Gasteiger partial charge in [-0.05, 0) is 37.2 Å². The van der Waals surface area contributed by atoms with Crippen molar-refractivity contribution in [1.82, 2.24) is 14.8 Å². The fourth-order valence-corrected chi connectivity index (χ4v) is 3.15. The predicted octanol–water partition coefficient (Wildman–Crippen LogP) is 3.56. The summed E-state index contributed by atoms with van der Waals surface area (Å²) in [6.45, 7) is 8.90. The van der Waals surface area contributed by atoms with E-state index in [9.17, 15) is 10.1 Å². The number of aromatic nitrogens is 3. The molecule has 0 amide bonds. The van der Waals surface area contributed by atoms with Gasteiger partial charge in [-0.25, -0.2) is 9.67 Å². The lowest BCUT2D eigenvalue weighted by Crippen LogP contribution is -2.32. The minimum absolute atomic E-state index is 0.103. The van der Waals surface area contributed by atoms with E-state index in [2.05, 4.69) is 42.7 Å². The maximum atomic E-state index is 11.0. The molecule has 8 heteroatoms. The Hall–Kier alpha value is -2.22. The second-order valence-electron chi connectivity index (χ2n) is 7.27. The Labute approximate surface area is 145 Å². The molecule has 2 heterocycles.